The van der Waals surface area contributed by atoms with Crippen LogP contribution in [0.1, 0.15) is 19.3 Å². The van der Waals surface area contributed by atoms with E-state index >= 15 is 0 Å². The first-order valence-corrected chi connectivity index (χ1v) is 7.22. The van der Waals surface area contributed by atoms with Gasteiger partial charge >= 0.3 is 0 Å². The molecule has 3 rings (SSSR count). The number of ether oxygens (including phenoxy) is 1. The van der Waals surface area contributed by atoms with Gasteiger partial charge in [-0.3, -0.25) is 9.59 Å². The second-order valence-electron chi connectivity index (χ2n) is 5.18. The monoisotopic (exact) mass is 306 g/mol. The summed E-state index contributed by atoms with van der Waals surface area (Å²) in [6.45, 7) is -0.0328. The highest BCUT2D eigenvalue weighted by atomic mass is 35.5. The van der Waals surface area contributed by atoms with Crippen molar-refractivity contribution in [1.29, 1.82) is 0 Å². The number of hydrogen-bond acceptors (Lipinski definition) is 3. The van der Waals surface area contributed by atoms with Gasteiger partial charge in [0.05, 0.1) is 16.4 Å². The molecule has 1 aromatic carbocycles. The van der Waals surface area contributed by atoms with Gasteiger partial charge in [0.1, 0.15) is 5.75 Å². The first-order valence-electron chi connectivity index (χ1n) is 6.84. The number of hydrogen-bond donors (Lipinski definition) is 2. The van der Waals surface area contributed by atoms with Crippen LogP contribution in [0.3, 0.4) is 0 Å². The largest absolute Gasteiger partial charge is 0.482 e. The number of anilines is 2. The Hall–Kier alpha value is -2.01. The molecule has 2 amide bonds. The molecular weight excluding hydrogens is 292 g/mol. The van der Waals surface area contributed by atoms with Crippen LogP contribution in [0.5, 0.6) is 5.75 Å². The average molecular weight is 307 g/mol. The average Bonchev–Trinajstić information content (AvgIpc) is 2.92. The number of carbonyl (C=O) groups excluding carboxylic acids is 2. The minimum Gasteiger partial charge on any atom is -0.482 e. The van der Waals surface area contributed by atoms with Crippen LogP contribution >= 0.6 is 11.6 Å². The van der Waals surface area contributed by atoms with E-state index in [1.165, 1.54) is 0 Å². The van der Waals surface area contributed by atoms with Crippen molar-refractivity contribution in [2.45, 2.75) is 19.3 Å². The third-order valence-corrected chi connectivity index (χ3v) is 3.85. The predicted molar refractivity (Wildman–Crippen MR) is 80.7 cm³/mol. The van der Waals surface area contributed by atoms with Crippen LogP contribution in [0.2, 0.25) is 5.02 Å². The minimum atomic E-state index is -0.219. The maximum Gasteiger partial charge on any atom is 0.262 e. The summed E-state index contributed by atoms with van der Waals surface area (Å²) >= 11 is 6.13. The summed E-state index contributed by atoms with van der Waals surface area (Å²) in [5.41, 5.74) is 1.02. The molecule has 2 N–H and O–H groups in total. The van der Waals surface area contributed by atoms with Gasteiger partial charge < -0.3 is 15.4 Å². The highest BCUT2D eigenvalue weighted by Gasteiger charge is 2.20. The quantitative estimate of drug-likeness (QED) is 0.844. The number of halogens is 1. The maximum atomic E-state index is 12.0. The molecule has 6 heteroatoms. The lowest BCUT2D eigenvalue weighted by atomic mass is 10.0. The van der Waals surface area contributed by atoms with Crippen LogP contribution < -0.4 is 15.4 Å². The molecule has 1 aromatic rings. The molecule has 0 aromatic heterocycles. The Balaban J connectivity index is 1.71. The summed E-state index contributed by atoms with van der Waals surface area (Å²) < 4.78 is 5.31. The molecule has 2 aliphatic rings. The summed E-state index contributed by atoms with van der Waals surface area (Å²) in [4.78, 5) is 23.3. The van der Waals surface area contributed by atoms with Crippen LogP contribution in [0.25, 0.3) is 0 Å². The van der Waals surface area contributed by atoms with E-state index in [0.717, 1.165) is 12.8 Å². The van der Waals surface area contributed by atoms with E-state index in [1.54, 1.807) is 12.1 Å². The van der Waals surface area contributed by atoms with Gasteiger partial charge in [-0.15, -0.1) is 0 Å². The zero-order chi connectivity index (χ0) is 14.8. The fourth-order valence-electron chi connectivity index (χ4n) is 2.50. The number of carbonyl (C=O) groups is 2. The van der Waals surface area contributed by atoms with Gasteiger partial charge in [-0.1, -0.05) is 23.8 Å². The van der Waals surface area contributed by atoms with E-state index in [4.69, 9.17) is 16.3 Å². The highest BCUT2D eigenvalue weighted by molar-refractivity contribution is 6.34. The van der Waals surface area contributed by atoms with Crippen molar-refractivity contribution in [1.82, 2.24) is 0 Å². The molecule has 0 bridgehead atoms. The second kappa shape index (κ2) is 5.77. The lowest BCUT2D eigenvalue weighted by Gasteiger charge is -2.20. The predicted octanol–water partition coefficient (Wildman–Crippen LogP) is 2.97. The van der Waals surface area contributed by atoms with Crippen molar-refractivity contribution in [3.05, 3.63) is 29.3 Å². The summed E-state index contributed by atoms with van der Waals surface area (Å²) in [6, 6.07) is 3.22. The van der Waals surface area contributed by atoms with Crippen molar-refractivity contribution < 1.29 is 14.3 Å². The number of fused-ring (bicyclic) bond motifs is 1. The van der Waals surface area contributed by atoms with Gasteiger partial charge in [0.25, 0.3) is 5.91 Å². The Morgan fingerprint density at radius 3 is 3.10 bits per heavy atom. The van der Waals surface area contributed by atoms with Crippen molar-refractivity contribution in [3.63, 3.8) is 0 Å². The van der Waals surface area contributed by atoms with E-state index < -0.39 is 0 Å². The van der Waals surface area contributed by atoms with Crippen molar-refractivity contribution in [3.8, 4) is 5.75 Å². The standard InChI is InChI=1S/C15H15ClN2O3/c16-10-6-12-13(21-8-15(20)18-12)7-11(10)17-14(19)5-9-3-1-2-4-9/h1,3,6-7,9H,2,4-5,8H2,(H,17,19)(H,18,20). The first-order chi connectivity index (χ1) is 10.1. The van der Waals surface area contributed by atoms with Crippen molar-refractivity contribution in [2.24, 2.45) is 5.92 Å². The Labute approximate surface area is 127 Å². The van der Waals surface area contributed by atoms with Gasteiger partial charge in [-0.25, -0.2) is 0 Å². The van der Waals surface area contributed by atoms with Gasteiger partial charge in [0.15, 0.2) is 6.61 Å². The summed E-state index contributed by atoms with van der Waals surface area (Å²) in [5, 5.41) is 5.84. The highest BCUT2D eigenvalue weighted by Crippen LogP contribution is 2.36. The SMILES string of the molecule is O=C(CC1C=CCC1)Nc1cc2c(cc1Cl)NC(=O)CO2. The van der Waals surface area contributed by atoms with Gasteiger partial charge in [0, 0.05) is 12.5 Å². The van der Waals surface area contributed by atoms with Gasteiger partial charge in [-0.2, -0.15) is 0 Å². The summed E-state index contributed by atoms with van der Waals surface area (Å²) in [5.74, 6) is 0.517. The van der Waals surface area contributed by atoms with Crippen molar-refractivity contribution >= 4 is 34.8 Å². The molecule has 0 radical (unpaired) electrons. The third kappa shape index (κ3) is 3.19. The van der Waals surface area contributed by atoms with E-state index in [2.05, 4.69) is 22.8 Å². The zero-order valence-electron chi connectivity index (χ0n) is 11.3. The number of nitrogens with one attached hydrogen (secondary N) is 2. The molecule has 1 aliphatic heterocycles. The molecular formula is C15H15ClN2O3. The molecule has 1 atom stereocenters. The lowest BCUT2D eigenvalue weighted by molar-refractivity contribution is -0.119. The van der Waals surface area contributed by atoms with E-state index in [0.29, 0.717) is 34.5 Å². The topological polar surface area (TPSA) is 67.4 Å². The molecule has 1 aliphatic carbocycles. The van der Waals surface area contributed by atoms with Crippen LogP contribution in [0.4, 0.5) is 11.4 Å². The van der Waals surface area contributed by atoms with Crippen LogP contribution in [-0.4, -0.2) is 18.4 Å². The number of allylic oxidation sites excluding steroid dienone is 2. The minimum absolute atomic E-state index is 0.0328. The molecule has 0 saturated carbocycles. The van der Waals surface area contributed by atoms with E-state index in [9.17, 15) is 9.59 Å². The third-order valence-electron chi connectivity index (χ3n) is 3.54. The number of amides is 2. The first kappa shape index (κ1) is 13.9. The Morgan fingerprint density at radius 1 is 1.48 bits per heavy atom. The second-order valence-corrected chi connectivity index (χ2v) is 5.59. The van der Waals surface area contributed by atoms with Crippen molar-refractivity contribution in [2.75, 3.05) is 17.2 Å². The molecule has 5 nitrogen and oxygen atoms in total. The fourth-order valence-corrected chi connectivity index (χ4v) is 2.71. The molecule has 21 heavy (non-hydrogen) atoms. The Kier molecular flexibility index (Phi) is 3.84. The summed E-state index contributed by atoms with van der Waals surface area (Å²) in [7, 11) is 0. The smallest absolute Gasteiger partial charge is 0.262 e. The Morgan fingerprint density at radius 2 is 2.33 bits per heavy atom. The molecule has 1 unspecified atom stereocenters. The molecule has 1 heterocycles. The van der Waals surface area contributed by atoms with Crippen LogP contribution in [0, 0.1) is 5.92 Å². The number of benzene rings is 1. The fraction of sp³-hybridized carbons (Fsp3) is 0.333. The van der Waals surface area contributed by atoms with Crippen LogP contribution in [-0.2, 0) is 9.59 Å². The van der Waals surface area contributed by atoms with E-state index in [1.807, 2.05) is 0 Å². The molecule has 0 saturated heterocycles. The maximum absolute atomic E-state index is 12.0. The molecule has 0 fully saturated rings. The van der Waals surface area contributed by atoms with Gasteiger partial charge in [0.2, 0.25) is 5.91 Å². The lowest BCUT2D eigenvalue weighted by Crippen LogP contribution is -2.25. The van der Waals surface area contributed by atoms with Gasteiger partial charge in [-0.05, 0) is 24.8 Å². The normalized spacial score (nSPS) is 19.7. The van der Waals surface area contributed by atoms with Crippen LogP contribution in [0.15, 0.2) is 24.3 Å². The molecule has 110 valence electrons. The number of rotatable bonds is 3. The van der Waals surface area contributed by atoms with E-state index in [-0.39, 0.29) is 18.4 Å². The molecule has 0 spiro atoms. The zero-order valence-corrected chi connectivity index (χ0v) is 12.1. The Bertz CT molecular complexity index is 628. The summed E-state index contributed by atoms with van der Waals surface area (Å²) in [6.07, 6.45) is 6.67.